The Morgan fingerprint density at radius 3 is 2.45 bits per heavy atom. The summed E-state index contributed by atoms with van der Waals surface area (Å²) in [5.74, 6) is 1.29. The van der Waals surface area contributed by atoms with Crippen molar-refractivity contribution in [3.8, 4) is 17.2 Å². The number of ether oxygens (including phenoxy) is 4. The Labute approximate surface area is 458 Å². The van der Waals surface area contributed by atoms with Crippen LogP contribution in [0.3, 0.4) is 0 Å². The first kappa shape index (κ1) is 55.3. The van der Waals surface area contributed by atoms with E-state index in [0.717, 1.165) is 74.9 Å². The monoisotopic (exact) mass is 1090 g/mol. The molecule has 78 heavy (non-hydrogen) atoms. The first-order valence-corrected chi connectivity index (χ1v) is 29.1. The van der Waals surface area contributed by atoms with Crippen LogP contribution in [0.1, 0.15) is 118 Å². The SMILES string of the molecule is CCOC12CC1C1=C(C=C2Oc2cc(N3CCC(N4CCN(Cc5ccc(OC)c(OC)c5)C[C@H]4c4ccccc4C(C)C)CC3)ccc2C(=O)NS(=O)(=O)c2cnc(NCC3CCC(C)(O)CC3)c(N(C)[O-])c2)C(F)=CC1. The number of halogens is 1. The van der Waals surface area contributed by atoms with Gasteiger partial charge >= 0.3 is 0 Å². The second-order valence-electron chi connectivity index (χ2n) is 22.5. The quantitative estimate of drug-likeness (QED) is 0.0755. The van der Waals surface area contributed by atoms with Gasteiger partial charge in [-0.25, -0.2) is 22.5 Å². The molecule has 4 aromatic rings. The number of carbonyl (C=O) groups excluding carboxylic acids is 1. The van der Waals surface area contributed by atoms with Gasteiger partial charge in [0.05, 0.1) is 31.1 Å². The molecule has 418 valence electrons. The average Bonchev–Trinajstić information content (AvgIpc) is 3.82. The fourth-order valence-corrected chi connectivity index (χ4v) is 13.6. The molecule has 3 N–H and O–H groups in total. The van der Waals surface area contributed by atoms with E-state index in [-0.39, 0.29) is 51.4 Å². The van der Waals surface area contributed by atoms with Gasteiger partial charge in [-0.1, -0.05) is 44.2 Å². The van der Waals surface area contributed by atoms with Gasteiger partial charge in [0.2, 0.25) is 0 Å². The van der Waals surface area contributed by atoms with Gasteiger partial charge in [0.1, 0.15) is 33.6 Å². The summed E-state index contributed by atoms with van der Waals surface area (Å²) in [5, 5.41) is 27.0. The van der Waals surface area contributed by atoms with Crippen molar-refractivity contribution >= 4 is 33.1 Å². The van der Waals surface area contributed by atoms with Crippen molar-refractivity contribution in [2.75, 3.05) is 82.4 Å². The van der Waals surface area contributed by atoms with Crippen molar-refractivity contribution in [2.24, 2.45) is 11.8 Å². The van der Waals surface area contributed by atoms with Gasteiger partial charge in [-0.15, -0.1) is 0 Å². The summed E-state index contributed by atoms with van der Waals surface area (Å²) < 4.78 is 70.2. The maximum atomic E-state index is 15.4. The van der Waals surface area contributed by atoms with Crippen LogP contribution in [0.25, 0.3) is 0 Å². The molecule has 4 fully saturated rings. The number of piperidine rings is 1. The normalized spacial score (nSPS) is 24.8. The molecule has 2 saturated heterocycles. The molecule has 4 aliphatic carbocycles. The molecule has 10 rings (SSSR count). The van der Waals surface area contributed by atoms with E-state index in [1.54, 1.807) is 38.5 Å². The van der Waals surface area contributed by atoms with E-state index in [2.05, 4.69) is 80.0 Å². The molecule has 2 unspecified atom stereocenters. The first-order chi connectivity index (χ1) is 37.4. The number of methoxy groups -OCH3 is 2. The molecule has 0 spiro atoms. The summed E-state index contributed by atoms with van der Waals surface area (Å²) in [6.07, 6.45) is 10.1. The van der Waals surface area contributed by atoms with Crippen molar-refractivity contribution < 1.29 is 41.7 Å². The van der Waals surface area contributed by atoms with Gasteiger partial charge in [0, 0.05) is 93.9 Å². The molecule has 3 atom stereocenters. The number of pyridine rings is 1. The number of nitrogens with one attached hydrogen (secondary N) is 2. The number of anilines is 3. The van der Waals surface area contributed by atoms with Crippen LogP contribution >= 0.6 is 0 Å². The van der Waals surface area contributed by atoms with E-state index in [0.29, 0.717) is 91.8 Å². The van der Waals surface area contributed by atoms with Gasteiger partial charge in [-0.3, -0.25) is 14.6 Å². The summed E-state index contributed by atoms with van der Waals surface area (Å²) in [7, 11) is -0.0286. The van der Waals surface area contributed by atoms with Gasteiger partial charge in [0.25, 0.3) is 15.9 Å². The number of rotatable bonds is 19. The van der Waals surface area contributed by atoms with Crippen molar-refractivity contribution in [1.82, 2.24) is 19.5 Å². The predicted molar refractivity (Wildman–Crippen MR) is 300 cm³/mol. The molecule has 3 heterocycles. The second-order valence-corrected chi connectivity index (χ2v) is 24.2. The van der Waals surface area contributed by atoms with Crippen LogP contribution < -0.4 is 34.2 Å². The standard InChI is InChI=1S/C60H75FN7O9S/c1-8-76-60-33-49(60)45-16-17-50(61)48(45)32-56(60)77-54-30-42(14-15-47(54)58(69)64-78(72,73)43-31-51(65(5)71)57(63-35-43)62-34-39-19-23-59(4,70)24-20-39)67-25-21-41(22-26-67)68-28-27-66(36-40-13-18-53(74-6)55(29-40)75-7)37-52(68)46-12-10-9-11-44(46)38(2)3/h9-15,17-18,29-32,35,38-39,41,49,52,70H,8,16,19-28,33-34,36-37H2,1-7H3,(H,62,63)(H,64,69)/q-1/t39?,49?,52-,59?,60?/m0/s1. The van der Waals surface area contributed by atoms with E-state index >= 15 is 4.39 Å². The van der Waals surface area contributed by atoms with Crippen LogP contribution in [0, 0.1) is 17.0 Å². The van der Waals surface area contributed by atoms with Crippen molar-refractivity contribution in [1.29, 1.82) is 0 Å². The number of aliphatic hydroxyl groups is 1. The molecule has 1 aromatic heterocycles. The number of hydrogen-bond donors (Lipinski definition) is 3. The summed E-state index contributed by atoms with van der Waals surface area (Å²) in [6, 6.07) is 21.8. The van der Waals surface area contributed by atoms with Gasteiger partial charge in [0.15, 0.2) is 11.5 Å². The van der Waals surface area contributed by atoms with Crippen molar-refractivity contribution in [2.45, 2.75) is 120 Å². The topological polar surface area (TPSA) is 181 Å². The third kappa shape index (κ3) is 11.4. The summed E-state index contributed by atoms with van der Waals surface area (Å²) in [4.78, 5) is 26.0. The lowest BCUT2D eigenvalue weighted by molar-refractivity contribution is 0.00975. The fraction of sp³-hybridized carbons (Fsp3) is 0.500. The zero-order valence-electron chi connectivity index (χ0n) is 46.0. The average molecular weight is 1090 g/mol. The van der Waals surface area contributed by atoms with E-state index < -0.39 is 27.1 Å². The van der Waals surface area contributed by atoms with Gasteiger partial charge in [-0.2, -0.15) is 0 Å². The molecule has 0 radical (unpaired) electrons. The Hall–Kier alpha value is -6.02. The van der Waals surface area contributed by atoms with Crippen LogP contribution in [0.4, 0.5) is 21.6 Å². The molecular formula is C60H75FN7O9S-. The number of sulfonamides is 1. The molecule has 3 aromatic carbocycles. The number of hydroxylamine groups is 1. The zero-order valence-corrected chi connectivity index (χ0v) is 46.8. The number of hydrogen-bond acceptors (Lipinski definition) is 15. The highest BCUT2D eigenvalue weighted by molar-refractivity contribution is 7.90. The van der Waals surface area contributed by atoms with E-state index in [4.69, 9.17) is 18.9 Å². The molecular weight excluding hydrogens is 1010 g/mol. The van der Waals surface area contributed by atoms with Crippen LogP contribution in [-0.2, 0) is 21.3 Å². The lowest BCUT2D eigenvalue weighted by Crippen LogP contribution is -2.54. The van der Waals surface area contributed by atoms with E-state index in [9.17, 15) is 23.5 Å². The number of allylic oxidation sites excluding steroid dienone is 4. The highest BCUT2D eigenvalue weighted by atomic mass is 32.2. The molecule has 6 aliphatic rings. The molecule has 18 heteroatoms. The Balaban J connectivity index is 0.898. The molecule has 1 amide bonds. The Kier molecular flexibility index (Phi) is 16.0. The molecule has 0 bridgehead atoms. The Morgan fingerprint density at radius 2 is 1.73 bits per heavy atom. The maximum absolute atomic E-state index is 15.4. The number of amides is 1. The Bertz CT molecular complexity index is 3090. The van der Waals surface area contributed by atoms with Gasteiger partial charge in [-0.05, 0) is 149 Å². The van der Waals surface area contributed by atoms with Crippen molar-refractivity contribution in [3.05, 3.63) is 135 Å². The minimum atomic E-state index is -4.60. The van der Waals surface area contributed by atoms with Gasteiger partial charge < -0.3 is 44.5 Å². The minimum absolute atomic E-state index is 0.0131. The number of aromatic nitrogens is 1. The fourth-order valence-electron chi connectivity index (χ4n) is 12.6. The van der Waals surface area contributed by atoms with Crippen LogP contribution in [0.5, 0.6) is 17.2 Å². The first-order valence-electron chi connectivity index (χ1n) is 27.6. The smallest absolute Gasteiger partial charge is 0.268 e. The van der Waals surface area contributed by atoms with Crippen LogP contribution in [-0.4, -0.2) is 119 Å². The number of carbonyl (C=O) groups is 1. The van der Waals surface area contributed by atoms with Crippen LogP contribution in [0.15, 0.2) is 113 Å². The summed E-state index contributed by atoms with van der Waals surface area (Å²) >= 11 is 0. The number of fused-ring (bicyclic) bond motifs is 2. The second kappa shape index (κ2) is 22.6. The van der Waals surface area contributed by atoms with Crippen LogP contribution in [0.2, 0.25) is 0 Å². The highest BCUT2D eigenvalue weighted by Crippen LogP contribution is 2.62. The third-order valence-electron chi connectivity index (χ3n) is 17.1. The summed E-state index contributed by atoms with van der Waals surface area (Å²) in [5.41, 5.74) is 4.46. The predicted octanol–water partition coefficient (Wildman–Crippen LogP) is 9.78. The third-order valence-corrected chi connectivity index (χ3v) is 18.4. The zero-order chi connectivity index (χ0) is 55.1. The largest absolute Gasteiger partial charge is 0.758 e. The number of nitrogens with zero attached hydrogens (tertiary/aromatic N) is 5. The number of benzene rings is 3. The lowest BCUT2D eigenvalue weighted by atomic mass is 9.80. The maximum Gasteiger partial charge on any atom is 0.268 e. The highest BCUT2D eigenvalue weighted by Gasteiger charge is 2.64. The molecule has 2 aliphatic heterocycles. The Morgan fingerprint density at radius 1 is 0.974 bits per heavy atom. The molecule has 16 nitrogen and oxygen atoms in total. The lowest BCUT2D eigenvalue weighted by Gasteiger charge is -2.48. The van der Waals surface area contributed by atoms with E-state index in [1.165, 1.54) is 24.2 Å². The molecule has 2 saturated carbocycles. The minimum Gasteiger partial charge on any atom is -0.758 e. The van der Waals surface area contributed by atoms with E-state index in [1.807, 2.05) is 26.0 Å². The number of piperazine rings is 1. The van der Waals surface area contributed by atoms with Crippen molar-refractivity contribution in [3.63, 3.8) is 0 Å². The summed E-state index contributed by atoms with van der Waals surface area (Å²) in [6.45, 7) is 14.0.